The van der Waals surface area contributed by atoms with Crippen LogP contribution in [0.5, 0.6) is 0 Å². The van der Waals surface area contributed by atoms with Gasteiger partial charge in [0.15, 0.2) is 0 Å². The molecule has 0 aliphatic heterocycles. The van der Waals surface area contributed by atoms with Crippen molar-refractivity contribution < 1.29 is 14.1 Å². The molecule has 0 aliphatic carbocycles. The van der Waals surface area contributed by atoms with Gasteiger partial charge in [-0.2, -0.15) is 0 Å². The van der Waals surface area contributed by atoms with Gasteiger partial charge in [-0.15, -0.1) is 11.8 Å². The van der Waals surface area contributed by atoms with E-state index in [0.29, 0.717) is 16.2 Å². The maximum Gasteiger partial charge on any atom is 0.283 e. The van der Waals surface area contributed by atoms with E-state index in [9.17, 15) is 14.9 Å². The molecule has 0 aliphatic rings. The van der Waals surface area contributed by atoms with Crippen molar-refractivity contribution in [3.05, 3.63) is 64.1 Å². The average molecular weight is 304 g/mol. The molecule has 2 rings (SSSR count). The predicted octanol–water partition coefficient (Wildman–Crippen LogP) is 2.98. The normalized spacial score (nSPS) is 10.9. The highest BCUT2D eigenvalue weighted by Gasteiger charge is 2.15. The number of furan rings is 1. The Morgan fingerprint density at radius 3 is 2.86 bits per heavy atom. The third-order valence-corrected chi connectivity index (χ3v) is 3.65. The van der Waals surface area contributed by atoms with Crippen molar-refractivity contribution in [2.24, 2.45) is 5.73 Å². The molecule has 6 nitrogen and oxygen atoms in total. The molecule has 21 heavy (non-hydrogen) atoms. The maximum atomic E-state index is 11.1. The molecule has 1 aromatic heterocycles. The molecule has 1 aromatic carbocycles. The fraction of sp³-hybridized carbons (Fsp3) is 0.0714. The quantitative estimate of drug-likeness (QED) is 0.383. The van der Waals surface area contributed by atoms with E-state index in [2.05, 4.69) is 0 Å². The Kier molecular flexibility index (Phi) is 4.78. The van der Waals surface area contributed by atoms with Crippen molar-refractivity contribution in [2.75, 3.05) is 0 Å². The number of hydrogen-bond donors (Lipinski definition) is 1. The van der Waals surface area contributed by atoms with Gasteiger partial charge in [-0.3, -0.25) is 14.9 Å². The van der Waals surface area contributed by atoms with E-state index in [1.165, 1.54) is 23.9 Å². The molecule has 0 saturated carbocycles. The van der Waals surface area contributed by atoms with Crippen molar-refractivity contribution in [3.63, 3.8) is 0 Å². The maximum absolute atomic E-state index is 11.1. The average Bonchev–Trinajstić information content (AvgIpc) is 2.96. The van der Waals surface area contributed by atoms with Crippen LogP contribution in [-0.4, -0.2) is 10.8 Å². The molecule has 108 valence electrons. The Labute approximate surface area is 124 Å². The number of amides is 1. The lowest BCUT2D eigenvalue weighted by Gasteiger charge is -2.03. The Hall–Kier alpha value is -2.54. The summed E-state index contributed by atoms with van der Waals surface area (Å²) >= 11 is 1.32. The van der Waals surface area contributed by atoms with Gasteiger partial charge in [0.1, 0.15) is 5.76 Å². The van der Waals surface area contributed by atoms with E-state index in [4.69, 9.17) is 10.2 Å². The SMILES string of the molecule is NC(=O)/C=C/c1ccc(SCc2ccco2)c([N+](=O)[O-])c1. The topological polar surface area (TPSA) is 99.4 Å². The number of hydrogen-bond acceptors (Lipinski definition) is 5. The number of primary amides is 1. The molecular formula is C14H12N2O4S. The molecule has 0 bridgehead atoms. The van der Waals surface area contributed by atoms with Gasteiger partial charge in [-0.1, -0.05) is 6.07 Å². The Morgan fingerprint density at radius 1 is 1.43 bits per heavy atom. The minimum Gasteiger partial charge on any atom is -0.468 e. The van der Waals surface area contributed by atoms with Crippen LogP contribution in [0.1, 0.15) is 11.3 Å². The molecule has 7 heteroatoms. The van der Waals surface area contributed by atoms with Crippen LogP contribution < -0.4 is 5.73 Å². The summed E-state index contributed by atoms with van der Waals surface area (Å²) in [6, 6.07) is 8.32. The van der Waals surface area contributed by atoms with Crippen LogP contribution in [0.15, 0.2) is 52.0 Å². The Morgan fingerprint density at radius 2 is 2.24 bits per heavy atom. The second-order valence-electron chi connectivity index (χ2n) is 4.09. The highest BCUT2D eigenvalue weighted by Crippen LogP contribution is 2.32. The summed E-state index contributed by atoms with van der Waals surface area (Å²) in [5, 5.41) is 11.1. The fourth-order valence-corrected chi connectivity index (χ4v) is 2.53. The molecule has 0 spiro atoms. The van der Waals surface area contributed by atoms with Gasteiger partial charge >= 0.3 is 0 Å². The third kappa shape index (κ3) is 4.22. The van der Waals surface area contributed by atoms with Crippen molar-refractivity contribution >= 4 is 29.4 Å². The lowest BCUT2D eigenvalue weighted by molar-refractivity contribution is -0.387. The molecule has 0 saturated heterocycles. The van der Waals surface area contributed by atoms with Gasteiger partial charge in [0.05, 0.1) is 21.8 Å². The molecule has 0 atom stereocenters. The zero-order chi connectivity index (χ0) is 15.2. The summed E-state index contributed by atoms with van der Waals surface area (Å²) in [6.45, 7) is 0. The summed E-state index contributed by atoms with van der Waals surface area (Å²) in [5.41, 5.74) is 5.52. The van der Waals surface area contributed by atoms with Gasteiger partial charge < -0.3 is 10.2 Å². The van der Waals surface area contributed by atoms with Crippen molar-refractivity contribution in [3.8, 4) is 0 Å². The van der Waals surface area contributed by atoms with Crippen LogP contribution in [0.4, 0.5) is 5.69 Å². The molecule has 0 unspecified atom stereocenters. The zero-order valence-electron chi connectivity index (χ0n) is 10.9. The Balaban J connectivity index is 2.20. The minimum absolute atomic E-state index is 0.0156. The van der Waals surface area contributed by atoms with Crippen LogP contribution in [-0.2, 0) is 10.5 Å². The number of nitrogens with two attached hydrogens (primary N) is 1. The largest absolute Gasteiger partial charge is 0.468 e. The van der Waals surface area contributed by atoms with Gasteiger partial charge in [0.2, 0.25) is 5.91 Å². The fourth-order valence-electron chi connectivity index (χ4n) is 1.62. The van der Waals surface area contributed by atoms with E-state index >= 15 is 0 Å². The van der Waals surface area contributed by atoms with Crippen LogP contribution in [0.25, 0.3) is 6.08 Å². The van der Waals surface area contributed by atoms with Crippen LogP contribution in [0, 0.1) is 10.1 Å². The van der Waals surface area contributed by atoms with Crippen molar-refractivity contribution in [2.45, 2.75) is 10.6 Å². The first-order valence-electron chi connectivity index (χ1n) is 5.97. The lowest BCUT2D eigenvalue weighted by Crippen LogP contribution is -2.05. The summed E-state index contributed by atoms with van der Waals surface area (Å²) in [4.78, 5) is 21.9. The predicted molar refractivity (Wildman–Crippen MR) is 79.6 cm³/mol. The number of nitro benzene ring substituents is 1. The van der Waals surface area contributed by atoms with E-state index in [0.717, 1.165) is 11.8 Å². The summed E-state index contributed by atoms with van der Waals surface area (Å²) in [6.07, 6.45) is 4.16. The summed E-state index contributed by atoms with van der Waals surface area (Å²) in [7, 11) is 0. The third-order valence-electron chi connectivity index (χ3n) is 2.57. The molecule has 2 N–H and O–H groups in total. The lowest BCUT2D eigenvalue weighted by atomic mass is 10.2. The first-order valence-corrected chi connectivity index (χ1v) is 6.96. The van der Waals surface area contributed by atoms with Crippen LogP contribution >= 0.6 is 11.8 Å². The number of nitro groups is 1. The van der Waals surface area contributed by atoms with Gasteiger partial charge in [0, 0.05) is 12.1 Å². The smallest absolute Gasteiger partial charge is 0.283 e. The van der Waals surface area contributed by atoms with Crippen LogP contribution in [0.2, 0.25) is 0 Å². The van der Waals surface area contributed by atoms with Crippen LogP contribution in [0.3, 0.4) is 0 Å². The first kappa shape index (κ1) is 14.9. The second-order valence-corrected chi connectivity index (χ2v) is 5.11. The summed E-state index contributed by atoms with van der Waals surface area (Å²) < 4.78 is 5.19. The standard InChI is InChI=1S/C14H12N2O4S/c15-14(17)6-4-10-3-5-13(12(8-10)16(18)19)21-9-11-2-1-7-20-11/h1-8H,9H2,(H2,15,17)/b6-4+. The molecule has 2 aromatic rings. The molecular weight excluding hydrogens is 292 g/mol. The highest BCUT2D eigenvalue weighted by atomic mass is 32.2. The number of rotatable bonds is 6. The molecule has 1 amide bonds. The van der Waals surface area contributed by atoms with Gasteiger partial charge in [-0.05, 0) is 29.8 Å². The van der Waals surface area contributed by atoms with E-state index in [1.807, 2.05) is 6.07 Å². The van der Waals surface area contributed by atoms with Crippen molar-refractivity contribution in [1.82, 2.24) is 0 Å². The zero-order valence-corrected chi connectivity index (χ0v) is 11.7. The summed E-state index contributed by atoms with van der Waals surface area (Å²) in [5.74, 6) is 0.644. The first-order chi connectivity index (χ1) is 10.1. The highest BCUT2D eigenvalue weighted by molar-refractivity contribution is 7.98. The number of nitrogens with zero attached hydrogens (tertiary/aromatic N) is 1. The molecule has 0 radical (unpaired) electrons. The van der Waals surface area contributed by atoms with Gasteiger partial charge in [-0.25, -0.2) is 0 Å². The monoisotopic (exact) mass is 304 g/mol. The molecule has 1 heterocycles. The van der Waals surface area contributed by atoms with Crippen molar-refractivity contribution in [1.29, 1.82) is 0 Å². The second kappa shape index (κ2) is 6.76. The minimum atomic E-state index is -0.603. The van der Waals surface area contributed by atoms with E-state index < -0.39 is 10.8 Å². The van der Waals surface area contributed by atoms with E-state index in [1.54, 1.807) is 24.5 Å². The van der Waals surface area contributed by atoms with Gasteiger partial charge in [0.25, 0.3) is 5.69 Å². The Bertz CT molecular complexity index is 680. The molecule has 0 fully saturated rings. The number of carbonyl (C=O) groups is 1. The number of thioether (sulfide) groups is 1. The number of carbonyl (C=O) groups excluding carboxylic acids is 1. The van der Waals surface area contributed by atoms with E-state index in [-0.39, 0.29) is 5.69 Å². The number of benzene rings is 1.